The normalized spacial score (nSPS) is 23.0. The van der Waals surface area contributed by atoms with Crippen molar-refractivity contribution in [3.05, 3.63) is 94.8 Å². The van der Waals surface area contributed by atoms with E-state index in [1.807, 2.05) is 0 Å². The van der Waals surface area contributed by atoms with Crippen LogP contribution < -0.4 is 10.2 Å². The molecule has 1 aliphatic carbocycles. The molecule has 3 fully saturated rings. The Morgan fingerprint density at radius 2 is 1.44 bits per heavy atom. The molecule has 0 radical (unpaired) electrons. The largest absolute Gasteiger partial charge is 0.416 e. The Balaban J connectivity index is 1.18. The van der Waals surface area contributed by atoms with Crippen LogP contribution in [0.3, 0.4) is 0 Å². The molecule has 2 saturated heterocycles. The van der Waals surface area contributed by atoms with Gasteiger partial charge in [-0.3, -0.25) is 14.5 Å². The van der Waals surface area contributed by atoms with Crippen molar-refractivity contribution < 1.29 is 49.5 Å². The van der Waals surface area contributed by atoms with Gasteiger partial charge in [-0.15, -0.1) is 0 Å². The number of carbonyl (C=O) groups excluding carboxylic acids is 3. The van der Waals surface area contributed by atoms with Gasteiger partial charge < -0.3 is 15.1 Å². The van der Waals surface area contributed by atoms with Gasteiger partial charge in [0.05, 0.1) is 17.2 Å². The van der Waals surface area contributed by atoms with E-state index in [2.05, 4.69) is 10.3 Å². The molecular weight excluding hydrogens is 678 g/mol. The third kappa shape index (κ3) is 7.38. The van der Waals surface area contributed by atoms with Crippen LogP contribution in [-0.4, -0.2) is 70.9 Å². The van der Waals surface area contributed by atoms with Gasteiger partial charge in [-0.2, -0.15) is 30.7 Å². The van der Waals surface area contributed by atoms with Crippen LogP contribution in [-0.2, 0) is 17.1 Å². The Hall–Kier alpha value is -4.76. The van der Waals surface area contributed by atoms with Gasteiger partial charge in [0.2, 0.25) is 11.9 Å². The van der Waals surface area contributed by atoms with Gasteiger partial charge in [0, 0.05) is 49.7 Å². The average Bonchev–Trinajstić information content (AvgIpc) is 3.68. The van der Waals surface area contributed by atoms with Crippen LogP contribution in [0.15, 0.2) is 60.7 Å². The summed E-state index contributed by atoms with van der Waals surface area (Å²) in [5.41, 5.74) is -3.11. The van der Waals surface area contributed by atoms with E-state index in [1.54, 1.807) is 4.90 Å². The van der Waals surface area contributed by atoms with Gasteiger partial charge in [0.25, 0.3) is 5.91 Å². The molecule has 4 amide bonds. The number of pyridine rings is 1. The first kappa shape index (κ1) is 35.1. The second-order valence-electron chi connectivity index (χ2n) is 12.7. The van der Waals surface area contributed by atoms with Crippen LogP contribution in [0.4, 0.5) is 45.6 Å². The number of amides is 4. The minimum Gasteiger partial charge on any atom is -0.348 e. The van der Waals surface area contributed by atoms with Gasteiger partial charge >= 0.3 is 18.4 Å². The summed E-state index contributed by atoms with van der Waals surface area (Å²) in [6.07, 6.45) is -8.41. The Kier molecular flexibility index (Phi) is 9.48. The van der Waals surface area contributed by atoms with Crippen molar-refractivity contribution in [2.75, 3.05) is 31.1 Å². The van der Waals surface area contributed by atoms with Crippen LogP contribution in [0.1, 0.15) is 58.8 Å². The smallest absolute Gasteiger partial charge is 0.348 e. The molecule has 2 atom stereocenters. The third-order valence-electron chi connectivity index (χ3n) is 9.58. The number of rotatable bonds is 6. The lowest BCUT2D eigenvalue weighted by Gasteiger charge is -2.31. The van der Waals surface area contributed by atoms with Crippen molar-refractivity contribution in [2.45, 2.75) is 56.0 Å². The van der Waals surface area contributed by atoms with Crippen molar-refractivity contribution in [1.82, 2.24) is 20.1 Å². The average molecular weight is 710 g/mol. The van der Waals surface area contributed by atoms with E-state index in [-0.39, 0.29) is 49.9 Å². The highest BCUT2D eigenvalue weighted by atomic mass is 19.4. The maximum Gasteiger partial charge on any atom is 0.416 e. The highest BCUT2D eigenvalue weighted by molar-refractivity contribution is 5.95. The van der Waals surface area contributed by atoms with E-state index in [4.69, 9.17) is 0 Å². The standard InChI is InChI=1S/C34H31F8N5O3/c35-23-8-4-19(5-9-23)26-17-45(31(49)20-6-10-24(11-7-20)43-30(48)27-2-1-3-29(36)44-27)18-28(26)47-13-12-46(32(47)50)25-15-21(33(37,38)39)14-22(16-25)34(40,41)42/h1-5,8-9,14-16,20,24,26,28H,6-7,10-13,17-18H2,(H,43,48)/t20?,24?,26-,28+/m0/s1. The molecule has 2 aromatic carbocycles. The molecule has 0 unspecified atom stereocenters. The number of carbonyl (C=O) groups is 3. The minimum absolute atomic E-state index is 0.00411. The molecule has 2 aliphatic heterocycles. The molecule has 1 saturated carbocycles. The summed E-state index contributed by atoms with van der Waals surface area (Å²) >= 11 is 0. The zero-order valence-corrected chi connectivity index (χ0v) is 26.3. The topological polar surface area (TPSA) is 85.9 Å². The number of alkyl halides is 6. The van der Waals surface area contributed by atoms with Gasteiger partial charge in [0.15, 0.2) is 0 Å². The van der Waals surface area contributed by atoms with Crippen LogP contribution in [0.2, 0.25) is 0 Å². The van der Waals surface area contributed by atoms with E-state index in [0.717, 1.165) is 11.0 Å². The maximum atomic E-state index is 13.8. The summed E-state index contributed by atoms with van der Waals surface area (Å²) in [4.78, 5) is 47.5. The molecule has 50 heavy (non-hydrogen) atoms. The first-order chi connectivity index (χ1) is 23.6. The first-order valence-electron chi connectivity index (χ1n) is 15.9. The number of urea groups is 1. The molecular formula is C34H31F8N5O3. The molecule has 16 heteroatoms. The van der Waals surface area contributed by atoms with Crippen molar-refractivity contribution in [3.63, 3.8) is 0 Å². The lowest BCUT2D eigenvalue weighted by molar-refractivity contribution is -0.143. The van der Waals surface area contributed by atoms with Gasteiger partial charge in [-0.1, -0.05) is 18.2 Å². The molecule has 3 aliphatic rings. The van der Waals surface area contributed by atoms with Crippen molar-refractivity contribution >= 4 is 23.5 Å². The van der Waals surface area contributed by atoms with E-state index in [1.165, 1.54) is 41.3 Å². The van der Waals surface area contributed by atoms with Crippen LogP contribution in [0, 0.1) is 17.7 Å². The predicted octanol–water partition coefficient (Wildman–Crippen LogP) is 6.62. The highest BCUT2D eigenvalue weighted by Crippen LogP contribution is 2.41. The molecule has 3 heterocycles. The molecule has 266 valence electrons. The first-order valence-corrected chi connectivity index (χ1v) is 15.9. The lowest BCUT2D eigenvalue weighted by atomic mass is 9.85. The molecule has 8 nitrogen and oxygen atoms in total. The zero-order valence-electron chi connectivity index (χ0n) is 26.3. The number of hydrogen-bond donors (Lipinski definition) is 1. The molecule has 3 aromatic rings. The van der Waals surface area contributed by atoms with E-state index in [0.29, 0.717) is 43.4 Å². The predicted molar refractivity (Wildman–Crippen MR) is 163 cm³/mol. The Bertz CT molecular complexity index is 1730. The number of nitrogens with zero attached hydrogens (tertiary/aromatic N) is 4. The Morgan fingerprint density at radius 1 is 0.800 bits per heavy atom. The highest BCUT2D eigenvalue weighted by Gasteiger charge is 2.47. The number of benzene rings is 2. The Morgan fingerprint density at radius 3 is 2.04 bits per heavy atom. The summed E-state index contributed by atoms with van der Waals surface area (Å²) < 4.78 is 109. The summed E-state index contributed by atoms with van der Waals surface area (Å²) in [7, 11) is 0. The monoisotopic (exact) mass is 709 g/mol. The SMILES string of the molecule is O=C(NC1CCC(C(=O)N2C[C@@H](N3CCN(c4cc(C(F)(F)F)cc(C(F)(F)F)c4)C3=O)[C@H](c3ccc(F)cc3)C2)CC1)c1cccc(F)n1. The number of anilines is 1. The third-order valence-corrected chi connectivity index (χ3v) is 9.58. The van der Waals surface area contributed by atoms with Gasteiger partial charge in [-0.25, -0.2) is 14.2 Å². The van der Waals surface area contributed by atoms with E-state index in [9.17, 15) is 49.5 Å². The zero-order chi connectivity index (χ0) is 36.0. The lowest BCUT2D eigenvalue weighted by Crippen LogP contribution is -2.45. The fourth-order valence-corrected chi connectivity index (χ4v) is 7.05. The quantitative estimate of drug-likeness (QED) is 0.230. The molecule has 0 bridgehead atoms. The summed E-state index contributed by atoms with van der Waals surface area (Å²) in [6.45, 7) is -0.0496. The van der Waals surface area contributed by atoms with E-state index >= 15 is 0 Å². The molecule has 1 aromatic heterocycles. The van der Waals surface area contributed by atoms with Crippen LogP contribution in [0.25, 0.3) is 0 Å². The second-order valence-corrected chi connectivity index (χ2v) is 12.7. The maximum absolute atomic E-state index is 13.8. The molecule has 6 rings (SSSR count). The number of likely N-dealkylation sites (tertiary alicyclic amines) is 1. The van der Waals surface area contributed by atoms with Crippen LogP contribution >= 0.6 is 0 Å². The number of hydrogen-bond acceptors (Lipinski definition) is 4. The summed E-state index contributed by atoms with van der Waals surface area (Å²) in [6, 6.07) is 8.59. The minimum atomic E-state index is -5.10. The number of halogens is 8. The second kappa shape index (κ2) is 13.5. The van der Waals surface area contributed by atoms with Crippen LogP contribution in [0.5, 0.6) is 0 Å². The van der Waals surface area contributed by atoms with Gasteiger partial charge in [-0.05, 0) is 73.7 Å². The van der Waals surface area contributed by atoms with Gasteiger partial charge in [0.1, 0.15) is 11.5 Å². The fraction of sp³-hybridized carbons (Fsp3) is 0.412. The van der Waals surface area contributed by atoms with E-state index < -0.39 is 70.7 Å². The summed E-state index contributed by atoms with van der Waals surface area (Å²) in [5, 5.41) is 2.82. The van der Waals surface area contributed by atoms with Crippen molar-refractivity contribution in [3.8, 4) is 0 Å². The Labute approximate surface area is 281 Å². The number of aromatic nitrogens is 1. The van der Waals surface area contributed by atoms with Crippen molar-refractivity contribution in [1.29, 1.82) is 0 Å². The summed E-state index contributed by atoms with van der Waals surface area (Å²) in [5.74, 6) is -2.98. The molecule has 0 spiro atoms. The molecule has 1 N–H and O–H groups in total. The fourth-order valence-electron chi connectivity index (χ4n) is 7.05. The van der Waals surface area contributed by atoms with Crippen molar-refractivity contribution in [2.24, 2.45) is 5.92 Å². The number of nitrogens with one attached hydrogen (secondary N) is 1.